The molecule has 6 heteroatoms. The molecule has 3 rings (SSSR count). The molecule has 1 fully saturated rings. The van der Waals surface area contributed by atoms with E-state index in [0.717, 1.165) is 29.3 Å². The predicted octanol–water partition coefficient (Wildman–Crippen LogP) is 2.23. The number of fused-ring (bicyclic) bond motifs is 1. The number of carboxylic acid groups (broad SMARTS) is 1. The second-order valence-electron chi connectivity index (χ2n) is 6.02. The molecule has 1 amide bonds. The molecule has 6 nitrogen and oxygen atoms in total. The van der Waals surface area contributed by atoms with Gasteiger partial charge in [0.15, 0.2) is 0 Å². The molecule has 2 aromatic rings. The molecular weight excluding hydrogens is 296 g/mol. The summed E-state index contributed by atoms with van der Waals surface area (Å²) in [6.45, 7) is 0. The van der Waals surface area contributed by atoms with Gasteiger partial charge in [-0.3, -0.25) is 4.79 Å². The van der Waals surface area contributed by atoms with Crippen molar-refractivity contribution in [1.82, 2.24) is 10.3 Å². The van der Waals surface area contributed by atoms with E-state index in [0.29, 0.717) is 18.6 Å². The van der Waals surface area contributed by atoms with E-state index in [4.69, 9.17) is 4.74 Å². The Labute approximate surface area is 133 Å². The molecule has 1 aliphatic rings. The van der Waals surface area contributed by atoms with Gasteiger partial charge in [0.2, 0.25) is 5.91 Å². The zero-order chi connectivity index (χ0) is 16.4. The number of amides is 1. The monoisotopic (exact) mass is 316 g/mol. The summed E-state index contributed by atoms with van der Waals surface area (Å²) in [5.41, 5.74) is 0.585. The highest BCUT2D eigenvalue weighted by Gasteiger charge is 2.42. The Kier molecular flexibility index (Phi) is 3.98. The molecule has 122 valence electrons. The first kappa shape index (κ1) is 15.4. The average Bonchev–Trinajstić information content (AvgIpc) is 3.15. The molecular formula is C17H20N2O4. The number of carbonyl (C=O) groups is 2. The van der Waals surface area contributed by atoms with Gasteiger partial charge in [0.05, 0.1) is 13.5 Å². The molecule has 3 N–H and O–H groups in total. The molecule has 0 spiro atoms. The van der Waals surface area contributed by atoms with Gasteiger partial charge in [-0.1, -0.05) is 18.9 Å². The highest BCUT2D eigenvalue weighted by atomic mass is 16.5. The van der Waals surface area contributed by atoms with Gasteiger partial charge < -0.3 is 20.1 Å². The fraction of sp³-hybridized carbons (Fsp3) is 0.412. The normalized spacial score (nSPS) is 16.4. The Balaban J connectivity index is 1.82. The number of ether oxygens (including phenoxy) is 1. The van der Waals surface area contributed by atoms with Crippen LogP contribution in [0.5, 0.6) is 5.75 Å². The van der Waals surface area contributed by atoms with E-state index < -0.39 is 11.5 Å². The summed E-state index contributed by atoms with van der Waals surface area (Å²) in [7, 11) is 1.59. The lowest BCUT2D eigenvalue weighted by Gasteiger charge is -2.25. The van der Waals surface area contributed by atoms with Crippen molar-refractivity contribution in [1.29, 1.82) is 0 Å². The number of aliphatic carboxylic acids is 1. The number of hydrogen-bond acceptors (Lipinski definition) is 3. The number of carboxylic acids is 1. The molecule has 23 heavy (non-hydrogen) atoms. The van der Waals surface area contributed by atoms with E-state index in [-0.39, 0.29) is 12.3 Å². The van der Waals surface area contributed by atoms with E-state index >= 15 is 0 Å². The minimum absolute atomic E-state index is 0.120. The Morgan fingerprint density at radius 1 is 1.35 bits per heavy atom. The quantitative estimate of drug-likeness (QED) is 0.789. The van der Waals surface area contributed by atoms with Gasteiger partial charge in [-0.25, -0.2) is 4.79 Å². The van der Waals surface area contributed by atoms with Crippen LogP contribution in [-0.2, 0) is 16.0 Å². The van der Waals surface area contributed by atoms with Crippen LogP contribution in [0.4, 0.5) is 0 Å². The Morgan fingerprint density at radius 2 is 2.09 bits per heavy atom. The van der Waals surface area contributed by atoms with Crippen LogP contribution >= 0.6 is 0 Å². The van der Waals surface area contributed by atoms with E-state index in [1.807, 2.05) is 18.2 Å². The summed E-state index contributed by atoms with van der Waals surface area (Å²) in [5.74, 6) is -0.527. The maximum Gasteiger partial charge on any atom is 0.329 e. The third kappa shape index (κ3) is 2.76. The Bertz CT molecular complexity index is 744. The number of carbonyl (C=O) groups excluding carboxylic acids is 1. The summed E-state index contributed by atoms with van der Waals surface area (Å²) in [6.07, 6.45) is 4.53. The summed E-state index contributed by atoms with van der Waals surface area (Å²) >= 11 is 0. The predicted molar refractivity (Wildman–Crippen MR) is 85.5 cm³/mol. The molecule has 1 saturated carbocycles. The lowest BCUT2D eigenvalue weighted by atomic mass is 9.97. The van der Waals surface area contributed by atoms with Gasteiger partial charge in [0.1, 0.15) is 11.3 Å². The fourth-order valence-corrected chi connectivity index (χ4v) is 3.38. The van der Waals surface area contributed by atoms with Crippen molar-refractivity contribution in [2.45, 2.75) is 37.6 Å². The van der Waals surface area contributed by atoms with E-state index in [2.05, 4.69) is 10.3 Å². The minimum Gasteiger partial charge on any atom is -0.496 e. The Hall–Kier alpha value is -2.50. The van der Waals surface area contributed by atoms with Crippen LogP contribution in [0.2, 0.25) is 0 Å². The average molecular weight is 316 g/mol. The smallest absolute Gasteiger partial charge is 0.329 e. The number of aromatic amines is 1. The van der Waals surface area contributed by atoms with Crippen LogP contribution < -0.4 is 10.1 Å². The first-order valence-electron chi connectivity index (χ1n) is 7.73. The van der Waals surface area contributed by atoms with Crippen molar-refractivity contribution < 1.29 is 19.4 Å². The number of rotatable bonds is 5. The highest BCUT2D eigenvalue weighted by Crippen LogP contribution is 2.31. The van der Waals surface area contributed by atoms with Crippen molar-refractivity contribution in [2.24, 2.45) is 0 Å². The third-order valence-corrected chi connectivity index (χ3v) is 4.57. The fourth-order valence-electron chi connectivity index (χ4n) is 3.38. The second kappa shape index (κ2) is 5.95. The highest BCUT2D eigenvalue weighted by molar-refractivity contribution is 5.94. The topological polar surface area (TPSA) is 91.4 Å². The molecule has 1 aliphatic carbocycles. The lowest BCUT2D eigenvalue weighted by Crippen LogP contribution is -2.52. The summed E-state index contributed by atoms with van der Waals surface area (Å²) < 4.78 is 5.35. The molecule has 1 aromatic heterocycles. The second-order valence-corrected chi connectivity index (χ2v) is 6.02. The third-order valence-electron chi connectivity index (χ3n) is 4.57. The van der Waals surface area contributed by atoms with Crippen LogP contribution in [0, 0.1) is 0 Å². The van der Waals surface area contributed by atoms with E-state index in [1.165, 1.54) is 0 Å². The molecule has 0 unspecified atom stereocenters. The van der Waals surface area contributed by atoms with Crippen LogP contribution in [0.3, 0.4) is 0 Å². The van der Waals surface area contributed by atoms with Crippen LogP contribution in [0.15, 0.2) is 24.4 Å². The van der Waals surface area contributed by atoms with Crippen molar-refractivity contribution in [3.05, 3.63) is 30.0 Å². The number of H-pyrrole nitrogens is 1. The molecule has 1 aromatic carbocycles. The molecule has 0 bridgehead atoms. The van der Waals surface area contributed by atoms with Gasteiger partial charge in [0.25, 0.3) is 0 Å². The number of methoxy groups -OCH3 is 1. The van der Waals surface area contributed by atoms with Gasteiger partial charge >= 0.3 is 5.97 Å². The van der Waals surface area contributed by atoms with Crippen molar-refractivity contribution >= 4 is 22.8 Å². The van der Waals surface area contributed by atoms with Gasteiger partial charge in [-0.05, 0) is 30.5 Å². The summed E-state index contributed by atoms with van der Waals surface area (Å²) in [6, 6.07) is 5.63. The molecule has 0 atom stereocenters. The largest absolute Gasteiger partial charge is 0.496 e. The Morgan fingerprint density at radius 3 is 2.74 bits per heavy atom. The molecule has 0 aliphatic heterocycles. The first-order chi connectivity index (χ1) is 11.1. The van der Waals surface area contributed by atoms with Crippen LogP contribution in [-0.4, -0.2) is 34.6 Å². The summed E-state index contributed by atoms with van der Waals surface area (Å²) in [5, 5.41) is 13.1. The molecule has 0 radical (unpaired) electrons. The van der Waals surface area contributed by atoms with Crippen molar-refractivity contribution in [3.63, 3.8) is 0 Å². The van der Waals surface area contributed by atoms with Gasteiger partial charge in [0, 0.05) is 17.1 Å². The lowest BCUT2D eigenvalue weighted by molar-refractivity contribution is -0.147. The molecule has 0 saturated heterocycles. The van der Waals surface area contributed by atoms with Gasteiger partial charge in [-0.2, -0.15) is 0 Å². The number of hydrogen-bond donors (Lipinski definition) is 3. The van der Waals surface area contributed by atoms with E-state index in [1.54, 1.807) is 13.3 Å². The zero-order valence-corrected chi connectivity index (χ0v) is 13.0. The van der Waals surface area contributed by atoms with Crippen molar-refractivity contribution in [3.8, 4) is 5.75 Å². The minimum atomic E-state index is -1.10. The zero-order valence-electron chi connectivity index (χ0n) is 13.0. The number of benzene rings is 1. The van der Waals surface area contributed by atoms with E-state index in [9.17, 15) is 14.7 Å². The maximum atomic E-state index is 12.4. The number of nitrogens with one attached hydrogen (secondary N) is 2. The maximum absolute atomic E-state index is 12.4. The molecule has 1 heterocycles. The summed E-state index contributed by atoms with van der Waals surface area (Å²) in [4.78, 5) is 27.0. The number of aromatic nitrogens is 1. The van der Waals surface area contributed by atoms with Crippen LogP contribution in [0.25, 0.3) is 10.9 Å². The van der Waals surface area contributed by atoms with Crippen LogP contribution in [0.1, 0.15) is 31.2 Å². The van der Waals surface area contributed by atoms with Crippen molar-refractivity contribution in [2.75, 3.05) is 7.11 Å². The first-order valence-corrected chi connectivity index (χ1v) is 7.73. The SMILES string of the molecule is COc1cccc2[nH]cc(CC(=O)NC3(C(=O)O)CCCC3)c12. The van der Waals surface area contributed by atoms with Gasteiger partial charge in [-0.15, -0.1) is 0 Å². The standard InChI is InChI=1S/C17H20N2O4/c1-23-13-6-4-5-12-15(13)11(10-18-12)9-14(20)19-17(16(21)22)7-2-3-8-17/h4-6,10,18H,2-3,7-9H2,1H3,(H,19,20)(H,21,22).